The summed E-state index contributed by atoms with van der Waals surface area (Å²) in [6.45, 7) is 0.250. The van der Waals surface area contributed by atoms with E-state index in [4.69, 9.17) is 16.1 Å². The number of amides is 1. The van der Waals surface area contributed by atoms with Gasteiger partial charge in [0.25, 0.3) is 11.7 Å². The van der Waals surface area contributed by atoms with Gasteiger partial charge < -0.3 is 14.8 Å². The monoisotopic (exact) mass is 468 g/mol. The quantitative estimate of drug-likeness (QED) is 0.512. The van der Waals surface area contributed by atoms with E-state index in [9.17, 15) is 22.4 Å². The number of H-pyrrole nitrogens is 1. The molecule has 1 amide bonds. The Labute approximate surface area is 184 Å². The number of rotatable bonds is 6. The number of aromatic nitrogens is 3. The van der Waals surface area contributed by atoms with Crippen molar-refractivity contribution in [1.82, 2.24) is 20.4 Å². The second-order valence-corrected chi connectivity index (χ2v) is 7.78. The maximum Gasteiger partial charge on any atom is 0.426 e. The minimum Gasteiger partial charge on any atom is -0.361 e. The van der Waals surface area contributed by atoms with Crippen molar-refractivity contribution in [3.05, 3.63) is 71.0 Å². The highest BCUT2D eigenvalue weighted by Crippen LogP contribution is 2.44. The summed E-state index contributed by atoms with van der Waals surface area (Å²) in [6, 6.07) is 5.43. The molecule has 2 atom stereocenters. The smallest absolute Gasteiger partial charge is 0.361 e. The number of hydrogen-bond donors (Lipinski definition) is 2. The van der Waals surface area contributed by atoms with Crippen LogP contribution < -0.4 is 5.32 Å². The van der Waals surface area contributed by atoms with Gasteiger partial charge in [0, 0.05) is 41.0 Å². The predicted octanol–water partition coefficient (Wildman–Crippen LogP) is 4.73. The van der Waals surface area contributed by atoms with Crippen molar-refractivity contribution in [2.24, 2.45) is 5.92 Å². The summed E-state index contributed by atoms with van der Waals surface area (Å²) >= 11 is 6.02. The number of nitrogens with one attached hydrogen (secondary N) is 2. The largest absolute Gasteiger partial charge is 0.426 e. The van der Waals surface area contributed by atoms with Crippen LogP contribution in [0.15, 0.2) is 53.2 Å². The summed E-state index contributed by atoms with van der Waals surface area (Å²) in [4.78, 5) is 19.2. The first kappa shape index (κ1) is 22.1. The third-order valence-electron chi connectivity index (χ3n) is 5.24. The Morgan fingerprint density at radius 3 is 2.91 bits per heavy atom. The van der Waals surface area contributed by atoms with Crippen LogP contribution in [0.3, 0.4) is 0 Å². The zero-order chi connectivity index (χ0) is 22.9. The van der Waals surface area contributed by atoms with E-state index in [0.717, 1.165) is 28.6 Å². The number of carbonyl (C=O) groups excluding carboxylic acids is 1. The number of allylic oxidation sites excluding steroid dienone is 4. The molecule has 32 heavy (non-hydrogen) atoms. The minimum atomic E-state index is -5.11. The molecule has 2 heterocycles. The second-order valence-electron chi connectivity index (χ2n) is 7.34. The summed E-state index contributed by atoms with van der Waals surface area (Å²) in [7, 11) is 0. The van der Waals surface area contributed by atoms with Gasteiger partial charge in [0.2, 0.25) is 11.6 Å². The van der Waals surface area contributed by atoms with Crippen molar-refractivity contribution in [3.63, 3.8) is 0 Å². The number of benzene rings is 1. The van der Waals surface area contributed by atoms with Gasteiger partial charge in [0.1, 0.15) is 0 Å². The van der Waals surface area contributed by atoms with Gasteiger partial charge in [0.15, 0.2) is 0 Å². The molecule has 0 fully saturated rings. The molecular weight excluding hydrogens is 452 g/mol. The van der Waals surface area contributed by atoms with E-state index in [2.05, 4.69) is 20.4 Å². The normalized spacial score (nSPS) is 20.7. The number of aromatic amines is 1. The average Bonchev–Trinajstić information content (AvgIpc) is 3.36. The van der Waals surface area contributed by atoms with Crippen LogP contribution in [0, 0.1) is 5.92 Å². The van der Waals surface area contributed by atoms with Gasteiger partial charge in [-0.2, -0.15) is 18.2 Å². The van der Waals surface area contributed by atoms with Crippen molar-refractivity contribution >= 4 is 28.4 Å². The summed E-state index contributed by atoms with van der Waals surface area (Å²) < 4.78 is 59.0. The van der Waals surface area contributed by atoms with Crippen LogP contribution in [0.5, 0.6) is 0 Å². The summed E-state index contributed by atoms with van der Waals surface area (Å²) in [5.74, 6) is -2.84. The van der Waals surface area contributed by atoms with Gasteiger partial charge in [0.05, 0.1) is 0 Å². The average molecular weight is 469 g/mol. The molecule has 0 aliphatic heterocycles. The van der Waals surface area contributed by atoms with E-state index in [1.807, 2.05) is 18.3 Å². The predicted molar refractivity (Wildman–Crippen MR) is 109 cm³/mol. The van der Waals surface area contributed by atoms with Gasteiger partial charge in [-0.1, -0.05) is 35.0 Å². The number of alkyl halides is 4. The lowest BCUT2D eigenvalue weighted by molar-refractivity contribution is -0.224. The number of hydrogen-bond acceptors (Lipinski definition) is 4. The van der Waals surface area contributed by atoms with Gasteiger partial charge in [-0.15, -0.1) is 0 Å². The molecule has 0 saturated carbocycles. The zero-order valence-electron chi connectivity index (χ0n) is 16.4. The zero-order valence-corrected chi connectivity index (χ0v) is 17.2. The van der Waals surface area contributed by atoms with Crippen LogP contribution in [0.25, 0.3) is 10.9 Å². The molecule has 1 aromatic carbocycles. The Kier molecular flexibility index (Phi) is 5.81. The maximum atomic E-state index is 14.6. The molecule has 1 aliphatic carbocycles. The van der Waals surface area contributed by atoms with Crippen LogP contribution in [-0.4, -0.2) is 39.4 Å². The molecule has 4 rings (SSSR count). The van der Waals surface area contributed by atoms with Crippen molar-refractivity contribution < 1.29 is 26.9 Å². The first-order valence-corrected chi connectivity index (χ1v) is 10.0. The number of halogens is 5. The Balaban J connectivity index is 1.37. The molecule has 0 spiro atoms. The molecule has 2 unspecified atom stereocenters. The maximum absolute atomic E-state index is 14.6. The van der Waals surface area contributed by atoms with E-state index < -0.39 is 30.1 Å². The molecule has 168 valence electrons. The lowest BCUT2D eigenvalue weighted by atomic mass is 9.82. The lowest BCUT2D eigenvalue weighted by Crippen LogP contribution is -2.46. The number of nitrogens with zero attached hydrogens (tertiary/aromatic N) is 2. The third kappa shape index (κ3) is 4.27. The van der Waals surface area contributed by atoms with E-state index in [1.165, 1.54) is 6.08 Å². The number of fused-ring (bicyclic) bond motifs is 1. The number of carbonyl (C=O) groups is 1. The van der Waals surface area contributed by atoms with E-state index in [0.29, 0.717) is 17.5 Å². The van der Waals surface area contributed by atoms with Crippen molar-refractivity contribution in [2.75, 3.05) is 6.54 Å². The van der Waals surface area contributed by atoms with Gasteiger partial charge in [-0.3, -0.25) is 4.79 Å². The molecule has 1 aliphatic rings. The molecule has 2 aromatic heterocycles. The lowest BCUT2D eigenvalue weighted by Gasteiger charge is -2.32. The Bertz CT molecular complexity index is 1200. The van der Waals surface area contributed by atoms with Crippen LogP contribution in [0.2, 0.25) is 5.02 Å². The molecular formula is C21H17ClF4N4O2. The highest BCUT2D eigenvalue weighted by atomic mass is 35.5. The third-order valence-corrected chi connectivity index (χ3v) is 5.48. The fourth-order valence-corrected chi connectivity index (χ4v) is 3.72. The first-order valence-electron chi connectivity index (χ1n) is 9.65. The summed E-state index contributed by atoms with van der Waals surface area (Å²) in [5, 5.41) is 7.65. The highest BCUT2D eigenvalue weighted by molar-refractivity contribution is 6.31. The van der Waals surface area contributed by atoms with E-state index in [1.54, 1.807) is 6.07 Å². The minimum absolute atomic E-state index is 0.250. The first-order chi connectivity index (χ1) is 15.2. The van der Waals surface area contributed by atoms with Gasteiger partial charge in [-0.25, -0.2) is 4.39 Å². The van der Waals surface area contributed by atoms with Gasteiger partial charge >= 0.3 is 6.18 Å². The van der Waals surface area contributed by atoms with E-state index in [-0.39, 0.29) is 18.3 Å². The Morgan fingerprint density at radius 1 is 1.31 bits per heavy atom. The fourth-order valence-electron chi connectivity index (χ4n) is 3.54. The molecule has 0 bridgehead atoms. The van der Waals surface area contributed by atoms with Crippen LogP contribution >= 0.6 is 11.6 Å². The highest BCUT2D eigenvalue weighted by Gasteiger charge is 2.59. The summed E-state index contributed by atoms with van der Waals surface area (Å²) in [6.07, 6.45) is 0.555. The van der Waals surface area contributed by atoms with Crippen LogP contribution in [0.4, 0.5) is 17.6 Å². The molecule has 6 nitrogen and oxygen atoms in total. The molecule has 11 heteroatoms. The molecule has 0 radical (unpaired) electrons. The van der Waals surface area contributed by atoms with Crippen molar-refractivity contribution in [1.29, 1.82) is 0 Å². The van der Waals surface area contributed by atoms with Crippen LogP contribution in [-0.2, 0) is 12.8 Å². The van der Waals surface area contributed by atoms with Gasteiger partial charge in [-0.05, 0) is 36.3 Å². The topological polar surface area (TPSA) is 83.8 Å². The van der Waals surface area contributed by atoms with Crippen LogP contribution in [0.1, 0.15) is 22.1 Å². The van der Waals surface area contributed by atoms with Crippen molar-refractivity contribution in [2.45, 2.75) is 24.7 Å². The Hall–Kier alpha value is -3.14. The standard InChI is InChI=1S/C21H17ClF4N4O2/c22-14-4-5-16-15(10-14)12(11-28-16)6-8-27-19(31)18-29-17(32-30-18)9-13-3-1-2-7-20(13,23)21(24,25)26/h1-5,7,10-11,13,28H,6,8-9H2,(H,27,31). The van der Waals surface area contributed by atoms with Crippen molar-refractivity contribution in [3.8, 4) is 0 Å². The summed E-state index contributed by atoms with van der Waals surface area (Å²) in [5.41, 5.74) is -1.70. The second kappa shape index (κ2) is 8.42. The molecule has 2 N–H and O–H groups in total. The Morgan fingerprint density at radius 2 is 2.12 bits per heavy atom. The SMILES string of the molecule is O=C(NCCc1c[nH]c2ccc(Cl)cc12)c1noc(CC2C=CC=CC2(F)C(F)(F)F)n1. The van der Waals surface area contributed by atoms with E-state index >= 15 is 0 Å². The molecule has 3 aromatic rings. The fraction of sp³-hybridized carbons (Fsp3) is 0.286. The molecule has 0 saturated heterocycles.